The SMILES string of the molecule is CCNC(=NCc1coc(-c2cccs2)n1)NCCSC. The Balaban J connectivity index is 1.94. The fraction of sp³-hybridized carbons (Fsp3) is 0.429. The largest absolute Gasteiger partial charge is 0.443 e. The Labute approximate surface area is 133 Å². The number of aliphatic imine (C=N–C) groups is 1. The van der Waals surface area contributed by atoms with Crippen molar-refractivity contribution in [1.82, 2.24) is 15.6 Å². The average Bonchev–Trinajstić information content (AvgIpc) is 3.15. The van der Waals surface area contributed by atoms with Gasteiger partial charge >= 0.3 is 0 Å². The molecule has 7 heteroatoms. The molecule has 0 fully saturated rings. The molecule has 2 rings (SSSR count). The van der Waals surface area contributed by atoms with Crippen molar-refractivity contribution >= 4 is 29.1 Å². The van der Waals surface area contributed by atoms with Gasteiger partial charge in [-0.1, -0.05) is 6.07 Å². The number of oxazole rings is 1. The van der Waals surface area contributed by atoms with Gasteiger partial charge in [0.25, 0.3) is 0 Å². The minimum absolute atomic E-state index is 0.503. The van der Waals surface area contributed by atoms with Crippen molar-refractivity contribution in [2.75, 3.05) is 25.1 Å². The minimum Gasteiger partial charge on any atom is -0.443 e. The van der Waals surface area contributed by atoms with Gasteiger partial charge in [-0.05, 0) is 24.6 Å². The van der Waals surface area contributed by atoms with Crippen LogP contribution in [0.25, 0.3) is 10.8 Å². The van der Waals surface area contributed by atoms with E-state index in [0.717, 1.165) is 35.4 Å². The predicted octanol–water partition coefficient (Wildman–Crippen LogP) is 2.82. The molecule has 0 radical (unpaired) electrons. The van der Waals surface area contributed by atoms with Crippen molar-refractivity contribution in [2.45, 2.75) is 13.5 Å². The van der Waals surface area contributed by atoms with Gasteiger partial charge in [0, 0.05) is 18.8 Å². The van der Waals surface area contributed by atoms with E-state index in [1.165, 1.54) is 0 Å². The summed E-state index contributed by atoms with van der Waals surface area (Å²) < 4.78 is 5.49. The first-order chi connectivity index (χ1) is 10.3. The molecule has 2 heterocycles. The van der Waals surface area contributed by atoms with E-state index in [2.05, 4.69) is 33.8 Å². The van der Waals surface area contributed by atoms with Gasteiger partial charge < -0.3 is 15.1 Å². The van der Waals surface area contributed by atoms with Gasteiger partial charge in [0.15, 0.2) is 5.96 Å². The maximum atomic E-state index is 5.49. The first-order valence-electron chi connectivity index (χ1n) is 6.83. The van der Waals surface area contributed by atoms with E-state index < -0.39 is 0 Å². The molecule has 21 heavy (non-hydrogen) atoms. The molecule has 5 nitrogen and oxygen atoms in total. The van der Waals surface area contributed by atoms with Crippen LogP contribution in [0.4, 0.5) is 0 Å². The number of nitrogens with zero attached hydrogens (tertiary/aromatic N) is 2. The van der Waals surface area contributed by atoms with Crippen LogP contribution in [0.15, 0.2) is 33.2 Å². The molecule has 0 aliphatic heterocycles. The highest BCUT2D eigenvalue weighted by Crippen LogP contribution is 2.23. The zero-order valence-electron chi connectivity index (χ0n) is 12.3. The van der Waals surface area contributed by atoms with Crippen LogP contribution in [0, 0.1) is 0 Å². The summed E-state index contributed by atoms with van der Waals surface area (Å²) in [7, 11) is 0. The molecule has 0 unspecified atom stereocenters. The third-order valence-electron chi connectivity index (χ3n) is 2.63. The summed E-state index contributed by atoms with van der Waals surface area (Å²) in [6.07, 6.45) is 3.76. The minimum atomic E-state index is 0.503. The predicted molar refractivity (Wildman–Crippen MR) is 91.0 cm³/mol. The monoisotopic (exact) mass is 324 g/mol. The highest BCUT2D eigenvalue weighted by Gasteiger charge is 2.07. The molecule has 0 bridgehead atoms. The Morgan fingerprint density at radius 1 is 1.48 bits per heavy atom. The van der Waals surface area contributed by atoms with Gasteiger partial charge in [-0.15, -0.1) is 11.3 Å². The zero-order valence-corrected chi connectivity index (χ0v) is 13.9. The fourth-order valence-electron chi connectivity index (χ4n) is 1.67. The molecule has 0 saturated heterocycles. The zero-order chi connectivity index (χ0) is 14.9. The molecule has 0 saturated carbocycles. The molecule has 2 aromatic rings. The van der Waals surface area contributed by atoms with Crippen molar-refractivity contribution in [3.63, 3.8) is 0 Å². The van der Waals surface area contributed by atoms with Crippen LogP contribution in [-0.2, 0) is 6.54 Å². The summed E-state index contributed by atoms with van der Waals surface area (Å²) in [6.45, 7) is 4.29. The summed E-state index contributed by atoms with van der Waals surface area (Å²) in [5.74, 6) is 2.53. The number of guanidine groups is 1. The maximum Gasteiger partial charge on any atom is 0.236 e. The molecular formula is C14H20N4OS2. The van der Waals surface area contributed by atoms with Crippen LogP contribution in [-0.4, -0.2) is 36.0 Å². The number of thioether (sulfide) groups is 1. The van der Waals surface area contributed by atoms with Gasteiger partial charge in [-0.3, -0.25) is 0 Å². The van der Waals surface area contributed by atoms with E-state index in [1.54, 1.807) is 29.4 Å². The Hall–Kier alpha value is -1.47. The van der Waals surface area contributed by atoms with E-state index in [9.17, 15) is 0 Å². The lowest BCUT2D eigenvalue weighted by Gasteiger charge is -2.09. The second-order valence-corrected chi connectivity index (χ2v) is 6.17. The first kappa shape index (κ1) is 15.9. The van der Waals surface area contributed by atoms with Crippen LogP contribution in [0.1, 0.15) is 12.6 Å². The van der Waals surface area contributed by atoms with Crippen LogP contribution in [0.2, 0.25) is 0 Å². The van der Waals surface area contributed by atoms with Crippen molar-refractivity contribution < 1.29 is 4.42 Å². The van der Waals surface area contributed by atoms with Crippen molar-refractivity contribution in [2.24, 2.45) is 4.99 Å². The van der Waals surface area contributed by atoms with E-state index >= 15 is 0 Å². The Kier molecular flexibility index (Phi) is 6.62. The lowest BCUT2D eigenvalue weighted by atomic mass is 10.4. The second kappa shape index (κ2) is 8.74. The van der Waals surface area contributed by atoms with E-state index in [-0.39, 0.29) is 0 Å². The number of hydrogen-bond donors (Lipinski definition) is 2. The molecule has 0 amide bonds. The first-order valence-corrected chi connectivity index (χ1v) is 9.10. The van der Waals surface area contributed by atoms with E-state index in [1.807, 2.05) is 17.5 Å². The normalized spacial score (nSPS) is 11.6. The topological polar surface area (TPSA) is 62.5 Å². The quantitative estimate of drug-likeness (QED) is 0.466. The fourth-order valence-corrected chi connectivity index (χ4v) is 2.63. The highest BCUT2D eigenvalue weighted by atomic mass is 32.2. The third-order valence-corrected chi connectivity index (χ3v) is 4.10. The van der Waals surface area contributed by atoms with Crippen LogP contribution in [0.3, 0.4) is 0 Å². The molecule has 0 spiro atoms. The third kappa shape index (κ3) is 5.09. The Bertz CT molecular complexity index is 551. The average molecular weight is 324 g/mol. The molecule has 0 aliphatic rings. The Morgan fingerprint density at radius 2 is 2.38 bits per heavy atom. The van der Waals surface area contributed by atoms with Gasteiger partial charge in [0.1, 0.15) is 12.0 Å². The van der Waals surface area contributed by atoms with Crippen LogP contribution >= 0.6 is 23.1 Å². The lowest BCUT2D eigenvalue weighted by molar-refractivity contribution is 0.574. The smallest absolute Gasteiger partial charge is 0.236 e. The molecule has 2 N–H and O–H groups in total. The van der Waals surface area contributed by atoms with Gasteiger partial charge in [-0.2, -0.15) is 11.8 Å². The van der Waals surface area contributed by atoms with E-state index in [0.29, 0.717) is 12.4 Å². The molecule has 2 aromatic heterocycles. The summed E-state index contributed by atoms with van der Waals surface area (Å²) in [5, 5.41) is 8.52. The van der Waals surface area contributed by atoms with Gasteiger partial charge in [0.05, 0.1) is 11.4 Å². The van der Waals surface area contributed by atoms with E-state index in [4.69, 9.17) is 4.42 Å². The van der Waals surface area contributed by atoms with Crippen molar-refractivity contribution in [3.05, 3.63) is 29.5 Å². The molecular weight excluding hydrogens is 304 g/mol. The number of thiophene rings is 1. The number of aromatic nitrogens is 1. The molecule has 114 valence electrons. The van der Waals surface area contributed by atoms with Crippen molar-refractivity contribution in [3.8, 4) is 10.8 Å². The van der Waals surface area contributed by atoms with Crippen LogP contribution in [0.5, 0.6) is 0 Å². The molecule has 0 aliphatic carbocycles. The summed E-state index contributed by atoms with van der Waals surface area (Å²) in [6, 6.07) is 3.98. The Morgan fingerprint density at radius 3 is 3.10 bits per heavy atom. The number of rotatable bonds is 7. The summed E-state index contributed by atoms with van der Waals surface area (Å²) in [5.41, 5.74) is 0.834. The summed E-state index contributed by atoms with van der Waals surface area (Å²) in [4.78, 5) is 10.0. The second-order valence-electron chi connectivity index (χ2n) is 4.24. The molecule has 0 aromatic carbocycles. The number of nitrogens with one attached hydrogen (secondary N) is 2. The maximum absolute atomic E-state index is 5.49. The highest BCUT2D eigenvalue weighted by molar-refractivity contribution is 7.98. The van der Waals surface area contributed by atoms with Gasteiger partial charge in [-0.25, -0.2) is 9.98 Å². The summed E-state index contributed by atoms with van der Waals surface area (Å²) >= 11 is 3.42. The standard InChI is InChI=1S/C14H20N4OS2/c1-3-15-14(16-6-8-20-2)17-9-11-10-19-13(18-11)12-5-4-7-21-12/h4-5,7,10H,3,6,8-9H2,1-2H3,(H2,15,16,17). The van der Waals surface area contributed by atoms with Crippen LogP contribution < -0.4 is 10.6 Å². The van der Waals surface area contributed by atoms with Gasteiger partial charge in [0.2, 0.25) is 5.89 Å². The lowest BCUT2D eigenvalue weighted by Crippen LogP contribution is -2.38. The number of hydrogen-bond acceptors (Lipinski definition) is 5. The molecule has 0 atom stereocenters. The van der Waals surface area contributed by atoms with Crippen molar-refractivity contribution in [1.29, 1.82) is 0 Å².